The second kappa shape index (κ2) is 7.87. The van der Waals surface area contributed by atoms with Crippen LogP contribution in [0.5, 0.6) is 0 Å². The van der Waals surface area contributed by atoms with E-state index in [4.69, 9.17) is 23.2 Å². The molecule has 3 aromatic heterocycles. The van der Waals surface area contributed by atoms with Gasteiger partial charge in [0, 0.05) is 20.8 Å². The molecule has 0 unspecified atom stereocenters. The predicted molar refractivity (Wildman–Crippen MR) is 120 cm³/mol. The van der Waals surface area contributed by atoms with Crippen LogP contribution in [0.4, 0.5) is 5.13 Å². The number of fused-ring (bicyclic) bond motifs is 1. The number of aryl methyl sites for hydroxylation is 2. The molecule has 0 saturated heterocycles. The van der Waals surface area contributed by atoms with Crippen molar-refractivity contribution in [2.24, 2.45) is 0 Å². The Morgan fingerprint density at radius 2 is 2.07 bits per heavy atom. The van der Waals surface area contributed by atoms with E-state index in [1.165, 1.54) is 33.6 Å². The number of hydrogen-bond acceptors (Lipinski definition) is 6. The minimum absolute atomic E-state index is 0.150. The molecule has 0 radical (unpaired) electrons. The van der Waals surface area contributed by atoms with Gasteiger partial charge in [0.05, 0.1) is 22.4 Å². The van der Waals surface area contributed by atoms with Crippen molar-refractivity contribution in [2.75, 3.05) is 5.32 Å². The molecule has 29 heavy (non-hydrogen) atoms. The molecule has 0 atom stereocenters. The summed E-state index contributed by atoms with van der Waals surface area (Å²) in [6.45, 7) is 3.69. The van der Waals surface area contributed by atoms with E-state index >= 15 is 0 Å². The molecular weight excluding hydrogens is 451 g/mol. The standard InChI is InChI=1S/C19H14Cl2N4O2S2/c1-9-10(2)29-17-16(9)18(27)25(8-22-17)6-15(26)24-19-23-14(7-28-19)12-5-11(20)3-4-13(12)21/h3-5,7-8H,6H2,1-2H3,(H,23,24,26). The molecule has 0 aliphatic heterocycles. The molecular formula is C19H14Cl2N4O2S2. The second-order valence-electron chi connectivity index (χ2n) is 6.35. The molecule has 148 valence electrons. The maximum atomic E-state index is 12.7. The van der Waals surface area contributed by atoms with E-state index in [0.717, 1.165) is 10.4 Å². The number of benzene rings is 1. The average Bonchev–Trinajstić information content (AvgIpc) is 3.24. The first kappa shape index (κ1) is 20.0. The zero-order valence-electron chi connectivity index (χ0n) is 15.3. The van der Waals surface area contributed by atoms with Crippen LogP contribution >= 0.6 is 45.9 Å². The van der Waals surface area contributed by atoms with E-state index < -0.39 is 0 Å². The van der Waals surface area contributed by atoms with Gasteiger partial charge in [-0.2, -0.15) is 0 Å². The number of nitrogens with one attached hydrogen (secondary N) is 1. The third kappa shape index (κ3) is 3.93. The van der Waals surface area contributed by atoms with Gasteiger partial charge in [0.15, 0.2) is 5.13 Å². The third-order valence-electron chi connectivity index (χ3n) is 4.42. The van der Waals surface area contributed by atoms with Gasteiger partial charge in [-0.25, -0.2) is 9.97 Å². The van der Waals surface area contributed by atoms with Crippen molar-refractivity contribution in [3.63, 3.8) is 0 Å². The number of halogens is 2. The fraction of sp³-hybridized carbons (Fsp3) is 0.158. The van der Waals surface area contributed by atoms with Crippen molar-refractivity contribution in [3.05, 3.63) is 60.7 Å². The van der Waals surface area contributed by atoms with Crippen LogP contribution in [0.3, 0.4) is 0 Å². The third-order valence-corrected chi connectivity index (χ3v) is 6.86. The number of amides is 1. The average molecular weight is 465 g/mol. The lowest BCUT2D eigenvalue weighted by Gasteiger charge is -2.05. The highest BCUT2D eigenvalue weighted by Gasteiger charge is 2.15. The molecule has 0 saturated carbocycles. The van der Waals surface area contributed by atoms with Gasteiger partial charge in [-0.15, -0.1) is 22.7 Å². The Bertz CT molecular complexity index is 1310. The Kier molecular flexibility index (Phi) is 5.44. The summed E-state index contributed by atoms with van der Waals surface area (Å²) in [5, 5.41) is 6.54. The molecule has 0 bridgehead atoms. The maximum Gasteiger partial charge on any atom is 0.262 e. The van der Waals surface area contributed by atoms with E-state index in [9.17, 15) is 9.59 Å². The van der Waals surface area contributed by atoms with Crippen LogP contribution in [-0.4, -0.2) is 20.4 Å². The van der Waals surface area contributed by atoms with Gasteiger partial charge in [0.25, 0.3) is 5.56 Å². The zero-order chi connectivity index (χ0) is 20.7. The van der Waals surface area contributed by atoms with Gasteiger partial charge in [-0.05, 0) is 37.6 Å². The van der Waals surface area contributed by atoms with Crippen LogP contribution in [0.15, 0.2) is 34.7 Å². The van der Waals surface area contributed by atoms with E-state index in [0.29, 0.717) is 36.7 Å². The second-order valence-corrected chi connectivity index (χ2v) is 9.26. The Hall–Kier alpha value is -2.26. The van der Waals surface area contributed by atoms with Gasteiger partial charge in [0.2, 0.25) is 5.91 Å². The van der Waals surface area contributed by atoms with Gasteiger partial charge < -0.3 is 5.32 Å². The minimum Gasteiger partial charge on any atom is -0.300 e. The largest absolute Gasteiger partial charge is 0.300 e. The van der Waals surface area contributed by atoms with Crippen molar-refractivity contribution < 1.29 is 4.79 Å². The summed E-state index contributed by atoms with van der Waals surface area (Å²) in [5.41, 5.74) is 1.98. The normalized spacial score (nSPS) is 11.2. The number of carbonyl (C=O) groups is 1. The van der Waals surface area contributed by atoms with Gasteiger partial charge in [0.1, 0.15) is 11.4 Å². The Labute approximate surface area is 183 Å². The van der Waals surface area contributed by atoms with Gasteiger partial charge in [-0.3, -0.25) is 14.2 Å². The molecule has 1 aromatic carbocycles. The number of carbonyl (C=O) groups excluding carboxylic acids is 1. The molecule has 3 heterocycles. The molecule has 1 N–H and O–H groups in total. The van der Waals surface area contributed by atoms with Crippen molar-refractivity contribution in [1.29, 1.82) is 0 Å². The highest BCUT2D eigenvalue weighted by molar-refractivity contribution is 7.18. The van der Waals surface area contributed by atoms with E-state index in [1.807, 2.05) is 13.8 Å². The fourth-order valence-corrected chi connectivity index (χ4v) is 4.95. The van der Waals surface area contributed by atoms with E-state index in [2.05, 4.69) is 15.3 Å². The van der Waals surface area contributed by atoms with Crippen LogP contribution in [0.25, 0.3) is 21.5 Å². The summed E-state index contributed by atoms with van der Waals surface area (Å²) in [6.07, 6.45) is 1.40. The molecule has 4 aromatic rings. The van der Waals surface area contributed by atoms with E-state index in [1.54, 1.807) is 23.6 Å². The first-order chi connectivity index (χ1) is 13.8. The lowest BCUT2D eigenvalue weighted by Crippen LogP contribution is -2.27. The summed E-state index contributed by atoms with van der Waals surface area (Å²) >= 11 is 15.0. The lowest BCUT2D eigenvalue weighted by molar-refractivity contribution is -0.116. The van der Waals surface area contributed by atoms with Crippen molar-refractivity contribution in [3.8, 4) is 11.3 Å². The Morgan fingerprint density at radius 1 is 1.28 bits per heavy atom. The van der Waals surface area contributed by atoms with Crippen LogP contribution < -0.4 is 10.9 Å². The topological polar surface area (TPSA) is 76.9 Å². The van der Waals surface area contributed by atoms with Crippen LogP contribution in [0.1, 0.15) is 10.4 Å². The van der Waals surface area contributed by atoms with Crippen molar-refractivity contribution >= 4 is 67.1 Å². The summed E-state index contributed by atoms with van der Waals surface area (Å²) in [6, 6.07) is 5.11. The Morgan fingerprint density at radius 3 is 2.86 bits per heavy atom. The zero-order valence-corrected chi connectivity index (χ0v) is 18.5. The number of aromatic nitrogens is 3. The highest BCUT2D eigenvalue weighted by Crippen LogP contribution is 2.32. The molecule has 1 amide bonds. The van der Waals surface area contributed by atoms with Crippen molar-refractivity contribution in [1.82, 2.24) is 14.5 Å². The number of hydrogen-bond donors (Lipinski definition) is 1. The summed E-state index contributed by atoms with van der Waals surface area (Å²) < 4.78 is 1.30. The first-order valence-electron chi connectivity index (χ1n) is 8.49. The Balaban J connectivity index is 1.54. The number of rotatable bonds is 4. The number of thiazole rings is 1. The minimum atomic E-state index is -0.365. The lowest BCUT2D eigenvalue weighted by atomic mass is 10.2. The quantitative estimate of drug-likeness (QED) is 0.453. The van der Waals surface area contributed by atoms with Crippen molar-refractivity contribution in [2.45, 2.75) is 20.4 Å². The SMILES string of the molecule is Cc1sc2ncn(CC(=O)Nc3nc(-c4cc(Cl)ccc4Cl)cs3)c(=O)c2c1C. The molecule has 10 heteroatoms. The molecule has 0 spiro atoms. The summed E-state index contributed by atoms with van der Waals surface area (Å²) in [4.78, 5) is 35.6. The number of thiophene rings is 1. The van der Waals surface area contributed by atoms with E-state index in [-0.39, 0.29) is 18.0 Å². The molecule has 6 nitrogen and oxygen atoms in total. The molecule has 0 aliphatic rings. The monoisotopic (exact) mass is 464 g/mol. The first-order valence-corrected chi connectivity index (χ1v) is 10.9. The summed E-state index contributed by atoms with van der Waals surface area (Å²) in [5.74, 6) is -0.365. The molecule has 4 rings (SSSR count). The number of nitrogens with zero attached hydrogens (tertiary/aromatic N) is 3. The fourth-order valence-electron chi connectivity index (χ4n) is 2.84. The molecule has 0 aliphatic carbocycles. The van der Waals surface area contributed by atoms with Gasteiger partial charge in [-0.1, -0.05) is 23.2 Å². The highest BCUT2D eigenvalue weighted by atomic mass is 35.5. The summed E-state index contributed by atoms with van der Waals surface area (Å²) in [7, 11) is 0. The molecule has 0 fully saturated rings. The number of anilines is 1. The van der Waals surface area contributed by atoms with Crippen LogP contribution in [0, 0.1) is 13.8 Å². The van der Waals surface area contributed by atoms with Gasteiger partial charge >= 0.3 is 0 Å². The maximum absolute atomic E-state index is 12.7. The van der Waals surface area contributed by atoms with Crippen LogP contribution in [-0.2, 0) is 11.3 Å². The smallest absolute Gasteiger partial charge is 0.262 e. The van der Waals surface area contributed by atoms with Crippen LogP contribution in [0.2, 0.25) is 10.0 Å². The predicted octanol–water partition coefficient (Wildman–Crippen LogP) is 5.14.